The third-order valence-corrected chi connectivity index (χ3v) is 4.47. The lowest BCUT2D eigenvalue weighted by molar-refractivity contribution is -0.384. The molecule has 2 atom stereocenters. The Morgan fingerprint density at radius 2 is 2.11 bits per heavy atom. The summed E-state index contributed by atoms with van der Waals surface area (Å²) in [7, 11) is 1.54. The molecule has 1 saturated carbocycles. The van der Waals surface area contributed by atoms with Crippen molar-refractivity contribution < 1.29 is 24.0 Å². The second-order valence-electron chi connectivity index (χ2n) is 6.34. The van der Waals surface area contributed by atoms with E-state index in [2.05, 4.69) is 10.6 Å². The first-order valence-corrected chi connectivity index (χ1v) is 8.95. The van der Waals surface area contributed by atoms with Gasteiger partial charge in [0, 0.05) is 31.3 Å². The van der Waals surface area contributed by atoms with Crippen LogP contribution < -0.4 is 10.6 Å². The summed E-state index contributed by atoms with van der Waals surface area (Å²) in [6, 6.07) is 4.15. The van der Waals surface area contributed by atoms with Crippen LogP contribution in [-0.4, -0.2) is 49.7 Å². The van der Waals surface area contributed by atoms with E-state index in [1.54, 1.807) is 14.0 Å². The maximum atomic E-state index is 12.5. The standard InChI is InChI=1S/C18H25N3O6/c1-3-27-18(23)13-4-6-14(10-13)20-17(22)12-5-7-15(19-8-9-26-2)16(11-12)21(24)25/h5,7,11,13-14,19H,3-4,6,8-10H2,1-2H3,(H,20,22)/t13-,14+/m1/s1. The van der Waals surface area contributed by atoms with Gasteiger partial charge in [0.05, 0.1) is 24.1 Å². The van der Waals surface area contributed by atoms with Gasteiger partial charge in [-0.15, -0.1) is 0 Å². The minimum Gasteiger partial charge on any atom is -0.466 e. The topological polar surface area (TPSA) is 120 Å². The Kier molecular flexibility index (Phi) is 7.54. The number of nitrogens with zero attached hydrogens (tertiary/aromatic N) is 1. The van der Waals surface area contributed by atoms with Crippen LogP contribution in [0.3, 0.4) is 0 Å². The minimum absolute atomic E-state index is 0.148. The molecular weight excluding hydrogens is 354 g/mol. The number of anilines is 1. The molecule has 0 radical (unpaired) electrons. The molecule has 9 heteroatoms. The predicted molar refractivity (Wildman–Crippen MR) is 98.7 cm³/mol. The van der Waals surface area contributed by atoms with Crippen molar-refractivity contribution in [1.29, 1.82) is 0 Å². The number of methoxy groups -OCH3 is 1. The fourth-order valence-electron chi connectivity index (χ4n) is 3.12. The Bertz CT molecular complexity index is 694. The molecule has 1 aliphatic rings. The van der Waals surface area contributed by atoms with Crippen LogP contribution in [0, 0.1) is 16.0 Å². The van der Waals surface area contributed by atoms with E-state index in [-0.39, 0.29) is 29.2 Å². The molecule has 0 aromatic heterocycles. The quantitative estimate of drug-likeness (QED) is 0.292. The van der Waals surface area contributed by atoms with Gasteiger partial charge in [-0.3, -0.25) is 19.7 Å². The predicted octanol–water partition coefficient (Wildman–Crippen LogP) is 2.11. The fourth-order valence-corrected chi connectivity index (χ4v) is 3.12. The first kappa shape index (κ1) is 20.6. The lowest BCUT2D eigenvalue weighted by Crippen LogP contribution is -2.33. The highest BCUT2D eigenvalue weighted by atomic mass is 16.6. The maximum Gasteiger partial charge on any atom is 0.308 e. The number of carbonyl (C=O) groups excluding carboxylic acids is 2. The molecule has 1 aromatic rings. The number of rotatable bonds is 9. The average Bonchev–Trinajstić information content (AvgIpc) is 3.10. The van der Waals surface area contributed by atoms with Crippen LogP contribution >= 0.6 is 0 Å². The van der Waals surface area contributed by atoms with Crippen LogP contribution in [0.2, 0.25) is 0 Å². The normalized spacial score (nSPS) is 18.7. The van der Waals surface area contributed by atoms with Gasteiger partial charge in [0.1, 0.15) is 5.69 Å². The summed E-state index contributed by atoms with van der Waals surface area (Å²) < 4.78 is 9.93. The number of nitrogens with one attached hydrogen (secondary N) is 2. The van der Waals surface area contributed by atoms with Gasteiger partial charge in [-0.1, -0.05) is 0 Å². The van der Waals surface area contributed by atoms with Crippen LogP contribution in [0.25, 0.3) is 0 Å². The third kappa shape index (κ3) is 5.65. The number of benzene rings is 1. The van der Waals surface area contributed by atoms with Crippen molar-refractivity contribution in [3.8, 4) is 0 Å². The van der Waals surface area contributed by atoms with E-state index in [4.69, 9.17) is 9.47 Å². The first-order valence-electron chi connectivity index (χ1n) is 8.95. The zero-order valence-electron chi connectivity index (χ0n) is 15.5. The zero-order chi connectivity index (χ0) is 19.8. The fraction of sp³-hybridized carbons (Fsp3) is 0.556. The van der Waals surface area contributed by atoms with Gasteiger partial charge >= 0.3 is 5.97 Å². The molecule has 0 aliphatic heterocycles. The van der Waals surface area contributed by atoms with E-state index in [1.807, 2.05) is 0 Å². The molecule has 0 saturated heterocycles. The van der Waals surface area contributed by atoms with Crippen molar-refractivity contribution in [3.63, 3.8) is 0 Å². The molecule has 0 spiro atoms. The van der Waals surface area contributed by atoms with E-state index >= 15 is 0 Å². The lowest BCUT2D eigenvalue weighted by atomic mass is 10.1. The van der Waals surface area contributed by atoms with Gasteiger partial charge in [0.25, 0.3) is 11.6 Å². The van der Waals surface area contributed by atoms with Crippen molar-refractivity contribution in [3.05, 3.63) is 33.9 Å². The van der Waals surface area contributed by atoms with Crippen LogP contribution in [0.15, 0.2) is 18.2 Å². The average molecular weight is 379 g/mol. The molecule has 0 heterocycles. The third-order valence-electron chi connectivity index (χ3n) is 4.47. The Morgan fingerprint density at radius 3 is 2.78 bits per heavy atom. The molecule has 1 fully saturated rings. The molecule has 1 aromatic carbocycles. The van der Waals surface area contributed by atoms with Crippen molar-refractivity contribution in [2.75, 3.05) is 32.2 Å². The second-order valence-corrected chi connectivity index (χ2v) is 6.34. The molecule has 0 bridgehead atoms. The highest BCUT2D eigenvalue weighted by molar-refractivity contribution is 5.96. The monoisotopic (exact) mass is 379 g/mol. The number of amides is 1. The molecule has 148 valence electrons. The van der Waals surface area contributed by atoms with Crippen LogP contribution in [0.4, 0.5) is 11.4 Å². The minimum atomic E-state index is -0.529. The van der Waals surface area contributed by atoms with Crippen molar-refractivity contribution in [2.24, 2.45) is 5.92 Å². The molecule has 2 N–H and O–H groups in total. The second kappa shape index (κ2) is 9.86. The molecule has 0 unspecified atom stereocenters. The Morgan fingerprint density at radius 1 is 1.33 bits per heavy atom. The Balaban J connectivity index is 2.01. The summed E-state index contributed by atoms with van der Waals surface area (Å²) in [6.07, 6.45) is 1.85. The summed E-state index contributed by atoms with van der Waals surface area (Å²) in [5, 5.41) is 17.1. The number of nitro benzene ring substituents is 1. The molecule has 1 amide bonds. The van der Waals surface area contributed by atoms with Gasteiger partial charge in [-0.25, -0.2) is 0 Å². The Hall–Kier alpha value is -2.68. The lowest BCUT2D eigenvalue weighted by Gasteiger charge is -2.14. The molecular formula is C18H25N3O6. The van der Waals surface area contributed by atoms with Gasteiger partial charge in [0.2, 0.25) is 0 Å². The van der Waals surface area contributed by atoms with Crippen LogP contribution in [0.1, 0.15) is 36.5 Å². The van der Waals surface area contributed by atoms with Crippen LogP contribution in [-0.2, 0) is 14.3 Å². The molecule has 9 nitrogen and oxygen atoms in total. The first-order chi connectivity index (χ1) is 13.0. The molecule has 1 aliphatic carbocycles. The van der Waals surface area contributed by atoms with E-state index in [1.165, 1.54) is 18.2 Å². The Labute approximate surface area is 157 Å². The van der Waals surface area contributed by atoms with Gasteiger partial charge in [0.15, 0.2) is 0 Å². The zero-order valence-corrected chi connectivity index (χ0v) is 15.5. The van der Waals surface area contributed by atoms with E-state index < -0.39 is 10.8 Å². The molecule has 2 rings (SSSR count). The number of hydrogen-bond acceptors (Lipinski definition) is 7. The highest BCUT2D eigenvalue weighted by Crippen LogP contribution is 2.28. The summed E-state index contributed by atoms with van der Waals surface area (Å²) in [5.74, 6) is -0.843. The van der Waals surface area contributed by atoms with Gasteiger partial charge in [-0.2, -0.15) is 0 Å². The van der Waals surface area contributed by atoms with E-state index in [9.17, 15) is 19.7 Å². The maximum absolute atomic E-state index is 12.5. The molecule has 27 heavy (non-hydrogen) atoms. The number of nitro groups is 1. The van der Waals surface area contributed by atoms with E-state index in [0.717, 1.165) is 0 Å². The largest absolute Gasteiger partial charge is 0.466 e. The van der Waals surface area contributed by atoms with Gasteiger partial charge < -0.3 is 20.1 Å². The van der Waals surface area contributed by atoms with Crippen molar-refractivity contribution in [2.45, 2.75) is 32.2 Å². The summed E-state index contributed by atoms with van der Waals surface area (Å²) in [6.45, 7) is 2.91. The summed E-state index contributed by atoms with van der Waals surface area (Å²) in [5.41, 5.74) is 0.366. The van der Waals surface area contributed by atoms with Crippen molar-refractivity contribution in [1.82, 2.24) is 5.32 Å². The van der Waals surface area contributed by atoms with E-state index in [0.29, 0.717) is 44.7 Å². The SMILES string of the molecule is CCOC(=O)[C@@H]1CC[C@H](NC(=O)c2ccc(NCCOC)c([N+](=O)[O-])c2)C1. The van der Waals surface area contributed by atoms with Crippen LogP contribution in [0.5, 0.6) is 0 Å². The number of hydrogen-bond donors (Lipinski definition) is 2. The number of esters is 1. The highest BCUT2D eigenvalue weighted by Gasteiger charge is 2.32. The summed E-state index contributed by atoms with van der Waals surface area (Å²) in [4.78, 5) is 35.0. The van der Waals surface area contributed by atoms with Gasteiger partial charge in [-0.05, 0) is 38.3 Å². The number of carbonyl (C=O) groups is 2. The number of ether oxygens (including phenoxy) is 2. The summed E-state index contributed by atoms with van der Waals surface area (Å²) >= 11 is 0. The smallest absolute Gasteiger partial charge is 0.308 e. The van der Waals surface area contributed by atoms with Crippen molar-refractivity contribution >= 4 is 23.3 Å².